The van der Waals surface area contributed by atoms with Crippen molar-refractivity contribution in [2.24, 2.45) is 16.0 Å². The van der Waals surface area contributed by atoms with Gasteiger partial charge in [-0.05, 0) is 12.1 Å². The molecule has 0 saturated heterocycles. The Balaban J connectivity index is 2.74. The highest BCUT2D eigenvalue weighted by molar-refractivity contribution is 5.82. The van der Waals surface area contributed by atoms with Crippen molar-refractivity contribution in [2.45, 2.75) is 6.04 Å². The molecule has 5 nitrogen and oxygen atoms in total. The number of carbonyl (C=O) groups excluding carboxylic acids is 1. The van der Waals surface area contributed by atoms with E-state index in [9.17, 15) is 4.79 Å². The van der Waals surface area contributed by atoms with E-state index in [0.29, 0.717) is 5.69 Å². The summed E-state index contributed by atoms with van der Waals surface area (Å²) in [6.07, 6.45) is 0. The molecular formula is C9H8N4O. The van der Waals surface area contributed by atoms with Crippen LogP contribution in [0.2, 0.25) is 0 Å². The molecule has 0 radical (unpaired) electrons. The highest BCUT2D eigenvalue weighted by Gasteiger charge is 2.11. The van der Waals surface area contributed by atoms with E-state index in [1.807, 2.05) is 6.07 Å². The topological polar surface area (TPSA) is 91.6 Å². The summed E-state index contributed by atoms with van der Waals surface area (Å²) >= 11 is 0. The monoisotopic (exact) mass is 188 g/mol. The van der Waals surface area contributed by atoms with E-state index in [4.69, 9.17) is 11.0 Å². The number of primary amides is 1. The van der Waals surface area contributed by atoms with Crippen LogP contribution in [0.15, 0.2) is 40.6 Å². The fourth-order valence-corrected chi connectivity index (χ4v) is 0.765. The van der Waals surface area contributed by atoms with E-state index in [0.717, 1.165) is 0 Å². The summed E-state index contributed by atoms with van der Waals surface area (Å²) in [5.41, 5.74) is 5.47. The van der Waals surface area contributed by atoms with Gasteiger partial charge in [0.15, 0.2) is 0 Å². The van der Waals surface area contributed by atoms with E-state index >= 15 is 0 Å². The van der Waals surface area contributed by atoms with Crippen LogP contribution in [-0.4, -0.2) is 11.9 Å². The molecule has 0 spiro atoms. The van der Waals surface area contributed by atoms with Gasteiger partial charge in [0.1, 0.15) is 6.07 Å². The number of nitriles is 1. The lowest BCUT2D eigenvalue weighted by Crippen LogP contribution is -2.24. The Bertz CT molecular complexity index is 380. The number of carbonyl (C=O) groups is 1. The summed E-state index contributed by atoms with van der Waals surface area (Å²) in [6.45, 7) is 0. The van der Waals surface area contributed by atoms with Crippen molar-refractivity contribution in [3.05, 3.63) is 30.3 Å². The van der Waals surface area contributed by atoms with E-state index in [1.165, 1.54) is 0 Å². The molecule has 1 amide bonds. The van der Waals surface area contributed by atoms with E-state index in [2.05, 4.69) is 10.2 Å². The van der Waals surface area contributed by atoms with Gasteiger partial charge >= 0.3 is 0 Å². The van der Waals surface area contributed by atoms with Gasteiger partial charge in [0.2, 0.25) is 6.04 Å². The maximum Gasteiger partial charge on any atom is 0.258 e. The standard InChI is InChI=1S/C9H8N4O/c10-6-8(9(11)14)13-12-7-4-2-1-3-5-7/h1-5,8H,(H2,11,14). The van der Waals surface area contributed by atoms with Crippen LogP contribution in [0.1, 0.15) is 0 Å². The third-order valence-corrected chi connectivity index (χ3v) is 1.44. The lowest BCUT2D eigenvalue weighted by atomic mass is 10.3. The van der Waals surface area contributed by atoms with Crippen LogP contribution in [-0.2, 0) is 4.79 Å². The summed E-state index contributed by atoms with van der Waals surface area (Å²) < 4.78 is 0. The molecule has 1 atom stereocenters. The molecular weight excluding hydrogens is 180 g/mol. The Morgan fingerprint density at radius 1 is 1.43 bits per heavy atom. The maximum absolute atomic E-state index is 10.6. The third-order valence-electron chi connectivity index (χ3n) is 1.44. The first-order valence-corrected chi connectivity index (χ1v) is 3.89. The molecule has 1 aromatic rings. The second-order valence-electron chi connectivity index (χ2n) is 2.49. The zero-order valence-corrected chi connectivity index (χ0v) is 7.29. The summed E-state index contributed by atoms with van der Waals surface area (Å²) in [7, 11) is 0. The molecule has 5 heteroatoms. The molecule has 1 rings (SSSR count). The van der Waals surface area contributed by atoms with Crippen molar-refractivity contribution < 1.29 is 4.79 Å². The maximum atomic E-state index is 10.6. The van der Waals surface area contributed by atoms with Crippen molar-refractivity contribution in [3.8, 4) is 6.07 Å². The van der Waals surface area contributed by atoms with Crippen LogP contribution in [0, 0.1) is 11.3 Å². The fraction of sp³-hybridized carbons (Fsp3) is 0.111. The SMILES string of the molecule is N#CC(N=Nc1ccccc1)C(N)=O. The van der Waals surface area contributed by atoms with Crippen LogP contribution in [0.25, 0.3) is 0 Å². The number of hydrogen-bond donors (Lipinski definition) is 1. The number of amides is 1. The minimum absolute atomic E-state index is 0.578. The molecule has 0 heterocycles. The van der Waals surface area contributed by atoms with Gasteiger partial charge < -0.3 is 5.73 Å². The van der Waals surface area contributed by atoms with Crippen molar-refractivity contribution in [2.75, 3.05) is 0 Å². The third kappa shape index (κ3) is 2.68. The minimum Gasteiger partial charge on any atom is -0.367 e. The van der Waals surface area contributed by atoms with Gasteiger partial charge in [-0.3, -0.25) is 4.79 Å². The lowest BCUT2D eigenvalue weighted by Gasteiger charge is -1.94. The van der Waals surface area contributed by atoms with Crippen molar-refractivity contribution >= 4 is 11.6 Å². The molecule has 14 heavy (non-hydrogen) atoms. The number of hydrogen-bond acceptors (Lipinski definition) is 4. The molecule has 0 aliphatic rings. The normalized spacial score (nSPS) is 12.2. The molecule has 0 fully saturated rings. The number of nitrogens with zero attached hydrogens (tertiary/aromatic N) is 3. The second kappa shape index (κ2) is 4.72. The largest absolute Gasteiger partial charge is 0.367 e. The number of nitrogens with two attached hydrogens (primary N) is 1. The first kappa shape index (κ1) is 9.86. The smallest absolute Gasteiger partial charge is 0.258 e. The first-order valence-electron chi connectivity index (χ1n) is 3.89. The van der Waals surface area contributed by atoms with Gasteiger partial charge in [-0.25, -0.2) is 0 Å². The minimum atomic E-state index is -1.21. The van der Waals surface area contributed by atoms with Crippen LogP contribution in [0.5, 0.6) is 0 Å². The van der Waals surface area contributed by atoms with Crippen LogP contribution < -0.4 is 5.73 Å². The van der Waals surface area contributed by atoms with E-state index in [1.54, 1.807) is 30.3 Å². The zero-order chi connectivity index (χ0) is 10.4. The molecule has 1 unspecified atom stereocenters. The van der Waals surface area contributed by atoms with E-state index in [-0.39, 0.29) is 0 Å². The molecule has 0 aliphatic carbocycles. The van der Waals surface area contributed by atoms with Gasteiger partial charge in [-0.2, -0.15) is 15.5 Å². The summed E-state index contributed by atoms with van der Waals surface area (Å²) in [6, 6.07) is 9.22. The number of rotatable bonds is 3. The van der Waals surface area contributed by atoms with Crippen LogP contribution in [0.3, 0.4) is 0 Å². The van der Waals surface area contributed by atoms with Gasteiger partial charge in [0, 0.05) is 0 Å². The predicted octanol–water partition coefficient (Wildman–Crippen LogP) is 1.15. The molecule has 70 valence electrons. The Morgan fingerprint density at radius 3 is 2.57 bits per heavy atom. The van der Waals surface area contributed by atoms with Crippen LogP contribution >= 0.6 is 0 Å². The lowest BCUT2D eigenvalue weighted by molar-refractivity contribution is -0.118. The number of azo groups is 1. The number of benzene rings is 1. The molecule has 0 saturated carbocycles. The second-order valence-corrected chi connectivity index (χ2v) is 2.49. The van der Waals surface area contributed by atoms with Crippen molar-refractivity contribution in [3.63, 3.8) is 0 Å². The van der Waals surface area contributed by atoms with Gasteiger partial charge in [0.25, 0.3) is 5.91 Å². The van der Waals surface area contributed by atoms with E-state index < -0.39 is 11.9 Å². The molecule has 2 N–H and O–H groups in total. The average molecular weight is 188 g/mol. The zero-order valence-electron chi connectivity index (χ0n) is 7.29. The Hall–Kier alpha value is -2.22. The summed E-state index contributed by atoms with van der Waals surface area (Å²) in [5.74, 6) is -0.799. The quantitative estimate of drug-likeness (QED) is 0.720. The summed E-state index contributed by atoms with van der Waals surface area (Å²) in [5, 5.41) is 15.7. The van der Waals surface area contributed by atoms with Crippen molar-refractivity contribution in [1.29, 1.82) is 5.26 Å². The highest BCUT2D eigenvalue weighted by atomic mass is 16.1. The molecule has 0 bridgehead atoms. The van der Waals surface area contributed by atoms with Crippen LogP contribution in [0.4, 0.5) is 5.69 Å². The van der Waals surface area contributed by atoms with Gasteiger partial charge in [-0.15, -0.1) is 0 Å². The first-order chi connectivity index (χ1) is 6.74. The predicted molar refractivity (Wildman–Crippen MR) is 49.6 cm³/mol. The molecule has 0 aliphatic heterocycles. The summed E-state index contributed by atoms with van der Waals surface area (Å²) in [4.78, 5) is 10.6. The highest BCUT2D eigenvalue weighted by Crippen LogP contribution is 2.10. The Kier molecular flexibility index (Phi) is 3.33. The van der Waals surface area contributed by atoms with Gasteiger partial charge in [0.05, 0.1) is 5.69 Å². The van der Waals surface area contributed by atoms with Gasteiger partial charge in [-0.1, -0.05) is 18.2 Å². The molecule has 1 aromatic carbocycles. The Labute approximate surface area is 80.9 Å². The Morgan fingerprint density at radius 2 is 2.07 bits per heavy atom. The fourth-order valence-electron chi connectivity index (χ4n) is 0.765. The average Bonchev–Trinajstić information content (AvgIpc) is 2.20. The molecule has 0 aromatic heterocycles. The van der Waals surface area contributed by atoms with Crippen molar-refractivity contribution in [1.82, 2.24) is 0 Å².